The van der Waals surface area contributed by atoms with Gasteiger partial charge in [-0.1, -0.05) is 18.5 Å². The normalized spacial score (nSPS) is 27.4. The number of rotatable bonds is 6. The molecular weight excluding hydrogens is 364 g/mol. The molecule has 3 rings (SSSR count). The molecule has 140 valence electrons. The Balaban J connectivity index is 1.77. The van der Waals surface area contributed by atoms with E-state index in [4.69, 9.17) is 21.1 Å². The number of sulfonamides is 1. The van der Waals surface area contributed by atoms with E-state index < -0.39 is 10.0 Å². The lowest BCUT2D eigenvalue weighted by Crippen LogP contribution is -2.48. The second kappa shape index (κ2) is 8.22. The molecule has 3 atom stereocenters. The average Bonchev–Trinajstić information content (AvgIpc) is 3.09. The first-order valence-corrected chi connectivity index (χ1v) is 10.5. The Hall–Kier alpha value is -0.860. The van der Waals surface area contributed by atoms with E-state index >= 15 is 0 Å². The van der Waals surface area contributed by atoms with Gasteiger partial charge in [-0.25, -0.2) is 13.1 Å². The highest BCUT2D eigenvalue weighted by Gasteiger charge is 2.29. The highest BCUT2D eigenvalue weighted by atomic mass is 35.5. The van der Waals surface area contributed by atoms with Crippen molar-refractivity contribution in [2.45, 2.75) is 30.7 Å². The molecule has 3 unspecified atom stereocenters. The van der Waals surface area contributed by atoms with Crippen molar-refractivity contribution >= 4 is 21.6 Å². The molecule has 2 N–H and O–H groups in total. The summed E-state index contributed by atoms with van der Waals surface area (Å²) < 4.78 is 39.8. The first-order valence-electron chi connectivity index (χ1n) is 8.69. The standard InChI is InChI=1S/C17H25ClN2O4S/c1-12-9-19-6-4-15(12)20-25(21,22)17-8-14(18)2-3-16(17)24-11-13-5-7-23-10-13/h2-3,8,12-13,15,19-20H,4-7,9-11H2,1H3. The van der Waals surface area contributed by atoms with Gasteiger partial charge < -0.3 is 14.8 Å². The lowest BCUT2D eigenvalue weighted by Gasteiger charge is -2.30. The zero-order valence-electron chi connectivity index (χ0n) is 14.3. The molecule has 0 aliphatic carbocycles. The van der Waals surface area contributed by atoms with Crippen molar-refractivity contribution in [2.24, 2.45) is 11.8 Å². The fourth-order valence-electron chi connectivity index (χ4n) is 3.19. The molecule has 2 fully saturated rings. The largest absolute Gasteiger partial charge is 0.492 e. The van der Waals surface area contributed by atoms with E-state index in [9.17, 15) is 8.42 Å². The van der Waals surface area contributed by atoms with Crippen molar-refractivity contribution in [3.63, 3.8) is 0 Å². The molecule has 1 aromatic carbocycles. The van der Waals surface area contributed by atoms with Gasteiger partial charge in [-0.3, -0.25) is 0 Å². The Morgan fingerprint density at radius 1 is 1.40 bits per heavy atom. The van der Waals surface area contributed by atoms with E-state index in [1.165, 1.54) is 6.07 Å². The van der Waals surface area contributed by atoms with Crippen LogP contribution in [-0.2, 0) is 14.8 Å². The van der Waals surface area contributed by atoms with Crippen LogP contribution in [0.25, 0.3) is 0 Å². The van der Waals surface area contributed by atoms with Crippen LogP contribution in [0.4, 0.5) is 0 Å². The Labute approximate surface area is 154 Å². The third-order valence-electron chi connectivity index (χ3n) is 4.79. The molecule has 0 bridgehead atoms. The van der Waals surface area contributed by atoms with Crippen LogP contribution >= 0.6 is 11.6 Å². The summed E-state index contributed by atoms with van der Waals surface area (Å²) >= 11 is 6.04. The zero-order chi connectivity index (χ0) is 17.9. The lowest BCUT2D eigenvalue weighted by molar-refractivity contribution is 0.166. The molecule has 6 nitrogen and oxygen atoms in total. The fraction of sp³-hybridized carbons (Fsp3) is 0.647. The lowest BCUT2D eigenvalue weighted by atomic mass is 9.97. The van der Waals surface area contributed by atoms with Crippen molar-refractivity contribution in [3.05, 3.63) is 23.2 Å². The van der Waals surface area contributed by atoms with Crippen LogP contribution in [0.2, 0.25) is 5.02 Å². The van der Waals surface area contributed by atoms with E-state index in [-0.39, 0.29) is 16.9 Å². The first kappa shape index (κ1) is 18.9. The highest BCUT2D eigenvalue weighted by Crippen LogP contribution is 2.29. The summed E-state index contributed by atoms with van der Waals surface area (Å²) in [5, 5.41) is 3.64. The van der Waals surface area contributed by atoms with Crippen molar-refractivity contribution in [2.75, 3.05) is 32.9 Å². The third kappa shape index (κ3) is 4.86. The maximum atomic E-state index is 12.9. The summed E-state index contributed by atoms with van der Waals surface area (Å²) in [5.74, 6) is 0.858. The van der Waals surface area contributed by atoms with Gasteiger partial charge in [0.15, 0.2) is 0 Å². The molecule has 2 aliphatic heterocycles. The summed E-state index contributed by atoms with van der Waals surface area (Å²) in [7, 11) is -3.71. The third-order valence-corrected chi connectivity index (χ3v) is 6.53. The number of ether oxygens (including phenoxy) is 2. The number of hydrogen-bond acceptors (Lipinski definition) is 5. The first-order chi connectivity index (χ1) is 12.0. The number of benzene rings is 1. The van der Waals surface area contributed by atoms with Crippen molar-refractivity contribution < 1.29 is 17.9 Å². The van der Waals surface area contributed by atoms with E-state index in [0.29, 0.717) is 29.9 Å². The summed E-state index contributed by atoms with van der Waals surface area (Å²) in [5.41, 5.74) is 0. The van der Waals surface area contributed by atoms with Crippen LogP contribution < -0.4 is 14.8 Å². The molecule has 0 amide bonds. The summed E-state index contributed by atoms with van der Waals surface area (Å²) in [6, 6.07) is 4.63. The van der Waals surface area contributed by atoms with Gasteiger partial charge in [0.05, 0.1) is 13.2 Å². The molecule has 2 saturated heterocycles. The monoisotopic (exact) mass is 388 g/mol. The van der Waals surface area contributed by atoms with Crippen LogP contribution in [0, 0.1) is 11.8 Å². The minimum absolute atomic E-state index is 0.0960. The van der Waals surface area contributed by atoms with Crippen molar-refractivity contribution in [3.8, 4) is 5.75 Å². The fourth-order valence-corrected chi connectivity index (χ4v) is 4.97. The Morgan fingerprint density at radius 2 is 2.24 bits per heavy atom. The molecular formula is C17H25ClN2O4S. The SMILES string of the molecule is CC1CNCCC1NS(=O)(=O)c1cc(Cl)ccc1OCC1CCOC1. The van der Waals surface area contributed by atoms with E-state index in [1.807, 2.05) is 6.92 Å². The van der Waals surface area contributed by atoms with Gasteiger partial charge in [0.1, 0.15) is 10.6 Å². The molecule has 8 heteroatoms. The van der Waals surface area contributed by atoms with Gasteiger partial charge in [-0.2, -0.15) is 0 Å². The maximum Gasteiger partial charge on any atom is 0.244 e. The second-order valence-electron chi connectivity index (χ2n) is 6.83. The predicted molar refractivity (Wildman–Crippen MR) is 96.6 cm³/mol. The van der Waals surface area contributed by atoms with Crippen molar-refractivity contribution in [1.82, 2.24) is 10.0 Å². The quantitative estimate of drug-likeness (QED) is 0.779. The van der Waals surface area contributed by atoms with Crippen LogP contribution in [0.3, 0.4) is 0 Å². The molecule has 25 heavy (non-hydrogen) atoms. The van der Waals surface area contributed by atoms with Gasteiger partial charge in [0.25, 0.3) is 0 Å². The molecule has 0 saturated carbocycles. The molecule has 2 heterocycles. The molecule has 1 aromatic rings. The van der Waals surface area contributed by atoms with E-state index in [1.54, 1.807) is 12.1 Å². The van der Waals surface area contributed by atoms with Gasteiger partial charge >= 0.3 is 0 Å². The minimum atomic E-state index is -3.71. The Kier molecular flexibility index (Phi) is 6.22. The second-order valence-corrected chi connectivity index (χ2v) is 8.95. The number of piperidine rings is 1. The summed E-state index contributed by atoms with van der Waals surface area (Å²) in [6.07, 6.45) is 1.69. The van der Waals surface area contributed by atoms with Gasteiger partial charge in [-0.15, -0.1) is 0 Å². The van der Waals surface area contributed by atoms with Gasteiger partial charge in [0.2, 0.25) is 10.0 Å². The van der Waals surface area contributed by atoms with Gasteiger partial charge in [0, 0.05) is 23.6 Å². The minimum Gasteiger partial charge on any atom is -0.492 e. The molecule has 2 aliphatic rings. The smallest absolute Gasteiger partial charge is 0.244 e. The van der Waals surface area contributed by atoms with E-state index in [0.717, 1.165) is 32.5 Å². The zero-order valence-corrected chi connectivity index (χ0v) is 15.9. The maximum absolute atomic E-state index is 12.9. The van der Waals surface area contributed by atoms with Crippen LogP contribution in [0.15, 0.2) is 23.1 Å². The number of hydrogen-bond donors (Lipinski definition) is 2. The highest BCUT2D eigenvalue weighted by molar-refractivity contribution is 7.89. The van der Waals surface area contributed by atoms with Gasteiger partial charge in [-0.05, 0) is 50.0 Å². The van der Waals surface area contributed by atoms with E-state index in [2.05, 4.69) is 10.0 Å². The van der Waals surface area contributed by atoms with Crippen LogP contribution in [0.1, 0.15) is 19.8 Å². The number of halogens is 1. The average molecular weight is 389 g/mol. The number of nitrogens with one attached hydrogen (secondary N) is 2. The Bertz CT molecular complexity index is 692. The molecule has 0 aromatic heterocycles. The van der Waals surface area contributed by atoms with Crippen LogP contribution in [0.5, 0.6) is 5.75 Å². The molecule has 0 radical (unpaired) electrons. The van der Waals surface area contributed by atoms with Crippen molar-refractivity contribution in [1.29, 1.82) is 0 Å². The predicted octanol–water partition coefficient (Wildman–Crippen LogP) is 2.03. The summed E-state index contributed by atoms with van der Waals surface area (Å²) in [6.45, 7) is 5.46. The summed E-state index contributed by atoms with van der Waals surface area (Å²) in [4.78, 5) is 0.102. The van der Waals surface area contributed by atoms with Crippen LogP contribution in [-0.4, -0.2) is 47.4 Å². The molecule has 0 spiro atoms. The Morgan fingerprint density at radius 3 is 2.96 bits per heavy atom. The topological polar surface area (TPSA) is 76.7 Å².